The van der Waals surface area contributed by atoms with Crippen LogP contribution < -0.4 is 10.1 Å². The number of benzene rings is 2. The Morgan fingerprint density at radius 1 is 1.15 bits per heavy atom. The summed E-state index contributed by atoms with van der Waals surface area (Å²) in [7, 11) is 0. The quantitative estimate of drug-likeness (QED) is 0.503. The van der Waals surface area contributed by atoms with Gasteiger partial charge in [0.25, 0.3) is 11.7 Å². The molecule has 5 nitrogen and oxygen atoms in total. The van der Waals surface area contributed by atoms with E-state index in [0.29, 0.717) is 27.7 Å². The molecule has 0 unspecified atom stereocenters. The van der Waals surface area contributed by atoms with E-state index in [9.17, 15) is 9.59 Å². The number of rotatable bonds is 5. The van der Waals surface area contributed by atoms with Gasteiger partial charge in [0, 0.05) is 22.3 Å². The van der Waals surface area contributed by atoms with Crippen molar-refractivity contribution in [1.29, 1.82) is 0 Å². The van der Waals surface area contributed by atoms with Gasteiger partial charge >= 0.3 is 0 Å². The fourth-order valence-corrected chi connectivity index (χ4v) is 3.02. The van der Waals surface area contributed by atoms with Crippen LogP contribution in [0.5, 0.6) is 5.75 Å². The van der Waals surface area contributed by atoms with E-state index in [1.807, 2.05) is 38.1 Å². The fourth-order valence-electron chi connectivity index (χ4n) is 2.80. The maximum Gasteiger partial charge on any atom is 0.296 e. The van der Waals surface area contributed by atoms with Crippen LogP contribution >= 0.6 is 11.6 Å². The summed E-state index contributed by atoms with van der Waals surface area (Å²) < 4.78 is 5.56. The Hall–Kier alpha value is -2.79. The first-order valence-corrected chi connectivity index (χ1v) is 8.64. The maximum absolute atomic E-state index is 12.7. The molecule has 0 aliphatic carbocycles. The molecule has 0 radical (unpaired) electrons. The van der Waals surface area contributed by atoms with Gasteiger partial charge in [-0.2, -0.15) is 0 Å². The highest BCUT2D eigenvalue weighted by molar-refractivity contribution is 6.48. The number of para-hydroxylation sites is 1. The third-order valence-electron chi connectivity index (χ3n) is 3.88. The summed E-state index contributed by atoms with van der Waals surface area (Å²) in [4.78, 5) is 28.2. The van der Waals surface area contributed by atoms with Gasteiger partial charge in [0.15, 0.2) is 0 Å². The molecule has 2 N–H and O–H groups in total. The summed E-state index contributed by atoms with van der Waals surface area (Å²) >= 11 is 6.17. The van der Waals surface area contributed by atoms with Gasteiger partial charge in [0.05, 0.1) is 16.7 Å². The van der Waals surface area contributed by atoms with Gasteiger partial charge < -0.3 is 15.0 Å². The molecule has 0 bridgehead atoms. The third-order valence-corrected chi connectivity index (χ3v) is 4.17. The van der Waals surface area contributed by atoms with Crippen molar-refractivity contribution < 1.29 is 14.3 Å². The van der Waals surface area contributed by atoms with E-state index >= 15 is 0 Å². The minimum Gasteiger partial charge on any atom is -0.489 e. The summed E-state index contributed by atoms with van der Waals surface area (Å²) in [6, 6.07) is 12.3. The van der Waals surface area contributed by atoms with Gasteiger partial charge in [-0.15, -0.1) is 0 Å². The normalized spacial score (nSPS) is 11.0. The number of nitrogens with one attached hydrogen (secondary N) is 2. The lowest BCUT2D eigenvalue weighted by atomic mass is 10.1. The molecule has 0 aliphatic heterocycles. The molecule has 0 atom stereocenters. The Morgan fingerprint density at radius 3 is 2.58 bits per heavy atom. The Kier molecular flexibility index (Phi) is 5.00. The predicted molar refractivity (Wildman–Crippen MR) is 103 cm³/mol. The van der Waals surface area contributed by atoms with E-state index in [0.717, 1.165) is 10.9 Å². The van der Waals surface area contributed by atoms with E-state index in [1.165, 1.54) is 0 Å². The van der Waals surface area contributed by atoms with Crippen LogP contribution in [0.3, 0.4) is 0 Å². The SMILES string of the molecule is Cc1[nH]c2ccccc2c1C(=O)C(=O)Nc1ccc(OC(C)C)c(Cl)c1. The second kappa shape index (κ2) is 7.22. The number of fused-ring (bicyclic) bond motifs is 1. The summed E-state index contributed by atoms with van der Waals surface area (Å²) in [6.07, 6.45) is -0.0145. The highest BCUT2D eigenvalue weighted by Crippen LogP contribution is 2.29. The fraction of sp³-hybridized carbons (Fsp3) is 0.200. The Balaban J connectivity index is 1.82. The maximum atomic E-state index is 12.7. The molecule has 0 aliphatic rings. The van der Waals surface area contributed by atoms with Crippen LogP contribution in [0.25, 0.3) is 10.9 Å². The lowest BCUT2D eigenvalue weighted by Gasteiger charge is -2.12. The number of hydrogen-bond acceptors (Lipinski definition) is 3. The summed E-state index contributed by atoms with van der Waals surface area (Å²) in [5.74, 6) is -0.788. The largest absolute Gasteiger partial charge is 0.489 e. The van der Waals surface area contributed by atoms with Crippen molar-refractivity contribution in [2.75, 3.05) is 5.32 Å². The predicted octanol–water partition coefficient (Wildman–Crippen LogP) is 4.74. The molecular formula is C20H19ClN2O3. The minimum absolute atomic E-state index is 0.0145. The number of amides is 1. The highest BCUT2D eigenvalue weighted by Gasteiger charge is 2.23. The van der Waals surface area contributed by atoms with E-state index in [1.54, 1.807) is 25.1 Å². The van der Waals surface area contributed by atoms with Crippen molar-refractivity contribution in [3.05, 3.63) is 58.7 Å². The average molecular weight is 371 g/mol. The van der Waals surface area contributed by atoms with Crippen LogP contribution in [-0.4, -0.2) is 22.8 Å². The van der Waals surface area contributed by atoms with Gasteiger partial charge in [-0.3, -0.25) is 9.59 Å². The van der Waals surface area contributed by atoms with Gasteiger partial charge in [-0.05, 0) is 45.0 Å². The van der Waals surface area contributed by atoms with Crippen molar-refractivity contribution in [1.82, 2.24) is 4.98 Å². The zero-order valence-corrected chi connectivity index (χ0v) is 15.5. The molecule has 1 aromatic heterocycles. The monoisotopic (exact) mass is 370 g/mol. The molecule has 6 heteroatoms. The molecule has 134 valence electrons. The first-order chi connectivity index (χ1) is 12.4. The van der Waals surface area contributed by atoms with E-state index < -0.39 is 11.7 Å². The number of carbonyl (C=O) groups excluding carboxylic acids is 2. The van der Waals surface area contributed by atoms with Crippen LogP contribution in [0.4, 0.5) is 5.69 Å². The summed E-state index contributed by atoms with van der Waals surface area (Å²) in [5, 5.41) is 3.69. The lowest BCUT2D eigenvalue weighted by Crippen LogP contribution is -2.23. The van der Waals surface area contributed by atoms with Crippen LogP contribution in [0.1, 0.15) is 29.9 Å². The van der Waals surface area contributed by atoms with Crippen molar-refractivity contribution in [3.8, 4) is 5.75 Å². The number of anilines is 1. The third kappa shape index (κ3) is 3.58. The topological polar surface area (TPSA) is 71.2 Å². The van der Waals surface area contributed by atoms with Gasteiger partial charge in [0.2, 0.25) is 0 Å². The number of Topliss-reactive ketones (excluding diaryl/α,β-unsaturated/α-hetero) is 1. The zero-order chi connectivity index (χ0) is 18.8. The molecule has 1 heterocycles. The Labute approximate surface area is 156 Å². The number of hydrogen-bond donors (Lipinski definition) is 2. The first kappa shape index (κ1) is 18.0. The van der Waals surface area contributed by atoms with E-state index in [2.05, 4.69) is 10.3 Å². The molecule has 2 aromatic carbocycles. The summed E-state index contributed by atoms with van der Waals surface area (Å²) in [5.41, 5.74) is 2.29. The molecule has 26 heavy (non-hydrogen) atoms. The Morgan fingerprint density at radius 2 is 1.88 bits per heavy atom. The van der Waals surface area contributed by atoms with Crippen molar-refractivity contribution in [2.45, 2.75) is 26.9 Å². The molecule has 0 spiro atoms. The molecule has 3 rings (SSSR count). The van der Waals surface area contributed by atoms with Gasteiger partial charge in [-0.25, -0.2) is 0 Å². The van der Waals surface area contributed by atoms with Crippen LogP contribution in [-0.2, 0) is 4.79 Å². The number of aromatic nitrogens is 1. The molecule has 1 amide bonds. The smallest absolute Gasteiger partial charge is 0.296 e. The average Bonchev–Trinajstić information content (AvgIpc) is 2.92. The van der Waals surface area contributed by atoms with Crippen LogP contribution in [0, 0.1) is 6.92 Å². The van der Waals surface area contributed by atoms with E-state index in [4.69, 9.17) is 16.3 Å². The first-order valence-electron chi connectivity index (χ1n) is 8.26. The zero-order valence-electron chi connectivity index (χ0n) is 14.7. The standard InChI is InChI=1S/C20H19ClN2O3/c1-11(2)26-17-9-8-13(10-15(17)21)23-20(25)19(24)18-12(3)22-16-7-5-4-6-14(16)18/h4-11,22H,1-3H3,(H,23,25). The van der Waals surface area contributed by atoms with Gasteiger partial charge in [-0.1, -0.05) is 29.8 Å². The highest BCUT2D eigenvalue weighted by atomic mass is 35.5. The molecule has 0 saturated carbocycles. The number of ether oxygens (including phenoxy) is 1. The van der Waals surface area contributed by atoms with Crippen molar-refractivity contribution >= 4 is 39.9 Å². The molecule has 0 fully saturated rings. The minimum atomic E-state index is -0.716. The van der Waals surface area contributed by atoms with Gasteiger partial charge in [0.1, 0.15) is 5.75 Å². The van der Waals surface area contributed by atoms with Crippen molar-refractivity contribution in [2.24, 2.45) is 0 Å². The van der Waals surface area contributed by atoms with Crippen molar-refractivity contribution in [3.63, 3.8) is 0 Å². The van der Waals surface area contributed by atoms with E-state index in [-0.39, 0.29) is 6.10 Å². The number of aromatic amines is 1. The summed E-state index contributed by atoms with van der Waals surface area (Å²) in [6.45, 7) is 5.57. The number of ketones is 1. The number of H-pyrrole nitrogens is 1. The lowest BCUT2D eigenvalue weighted by molar-refractivity contribution is -0.112. The Bertz CT molecular complexity index is 992. The molecular weight excluding hydrogens is 352 g/mol. The number of aryl methyl sites for hydroxylation is 1. The molecule has 0 saturated heterocycles. The molecule has 3 aromatic rings. The number of halogens is 1. The second-order valence-electron chi connectivity index (χ2n) is 6.27. The van der Waals surface area contributed by atoms with Crippen LogP contribution in [0.2, 0.25) is 5.02 Å². The number of carbonyl (C=O) groups is 2. The van der Waals surface area contributed by atoms with Crippen LogP contribution in [0.15, 0.2) is 42.5 Å². The second-order valence-corrected chi connectivity index (χ2v) is 6.67.